The summed E-state index contributed by atoms with van der Waals surface area (Å²) in [4.78, 5) is 27.9. The number of aromatic amines is 1. The molecule has 27 heavy (non-hydrogen) atoms. The molecule has 0 fully saturated rings. The number of halogens is 1. The molecule has 0 aliphatic heterocycles. The van der Waals surface area contributed by atoms with Gasteiger partial charge in [0.2, 0.25) is 5.91 Å². The zero-order valence-corrected chi connectivity index (χ0v) is 16.4. The lowest BCUT2D eigenvalue weighted by molar-refractivity contribution is -0.121. The summed E-state index contributed by atoms with van der Waals surface area (Å²) in [6, 6.07) is 14.7. The normalized spacial score (nSPS) is 12.1. The van der Waals surface area contributed by atoms with Crippen molar-refractivity contribution >= 4 is 40.6 Å². The molecule has 3 rings (SSSR count). The van der Waals surface area contributed by atoms with E-state index >= 15 is 0 Å². The van der Waals surface area contributed by atoms with Crippen molar-refractivity contribution in [2.45, 2.75) is 32.4 Å². The van der Waals surface area contributed by atoms with Crippen LogP contribution in [0.4, 0.5) is 0 Å². The van der Waals surface area contributed by atoms with Gasteiger partial charge in [-0.15, -0.1) is 0 Å². The van der Waals surface area contributed by atoms with Gasteiger partial charge >= 0.3 is 0 Å². The first-order chi connectivity index (χ1) is 12.9. The number of carbonyl (C=O) groups excluding carboxylic acids is 1. The SMILES string of the molecule is C[C@@H](Cc1cccc(Cl)c1)NC(=O)CCn1c(=S)[nH]c2ccccc2c1=O. The maximum Gasteiger partial charge on any atom is 0.262 e. The Morgan fingerprint density at radius 2 is 2.04 bits per heavy atom. The summed E-state index contributed by atoms with van der Waals surface area (Å²) in [5, 5.41) is 4.19. The third-order valence-electron chi connectivity index (χ3n) is 4.29. The van der Waals surface area contributed by atoms with Crippen molar-refractivity contribution in [2.24, 2.45) is 0 Å². The van der Waals surface area contributed by atoms with Crippen LogP contribution in [0.25, 0.3) is 10.9 Å². The number of para-hydroxylation sites is 1. The molecule has 0 saturated heterocycles. The average Bonchev–Trinajstić information content (AvgIpc) is 2.61. The first-order valence-corrected chi connectivity index (χ1v) is 9.48. The average molecular weight is 402 g/mol. The molecule has 0 aliphatic carbocycles. The number of hydrogen-bond acceptors (Lipinski definition) is 3. The first kappa shape index (κ1) is 19.3. The summed E-state index contributed by atoms with van der Waals surface area (Å²) in [5.41, 5.74) is 1.57. The Balaban J connectivity index is 1.63. The number of hydrogen-bond donors (Lipinski definition) is 2. The van der Waals surface area contributed by atoms with Gasteiger partial charge in [0.05, 0.1) is 10.9 Å². The molecule has 0 bridgehead atoms. The lowest BCUT2D eigenvalue weighted by atomic mass is 10.1. The fourth-order valence-electron chi connectivity index (χ4n) is 3.03. The maximum atomic E-state index is 12.6. The summed E-state index contributed by atoms with van der Waals surface area (Å²) in [6.07, 6.45) is 0.859. The van der Waals surface area contributed by atoms with Crippen LogP contribution in [0.3, 0.4) is 0 Å². The Morgan fingerprint density at radius 1 is 1.26 bits per heavy atom. The molecule has 0 saturated carbocycles. The predicted octanol–water partition coefficient (Wildman–Crippen LogP) is 3.85. The van der Waals surface area contributed by atoms with Crippen LogP contribution in [-0.2, 0) is 17.8 Å². The fourth-order valence-corrected chi connectivity index (χ4v) is 3.53. The molecule has 1 atom stereocenters. The molecule has 2 N–H and O–H groups in total. The molecule has 5 nitrogen and oxygen atoms in total. The van der Waals surface area contributed by atoms with Crippen LogP contribution in [0.15, 0.2) is 53.3 Å². The number of benzene rings is 2. The summed E-state index contributed by atoms with van der Waals surface area (Å²) in [5.74, 6) is -0.126. The molecule has 0 unspecified atom stereocenters. The summed E-state index contributed by atoms with van der Waals surface area (Å²) < 4.78 is 1.75. The van der Waals surface area contributed by atoms with Crippen LogP contribution in [-0.4, -0.2) is 21.5 Å². The smallest absolute Gasteiger partial charge is 0.262 e. The van der Waals surface area contributed by atoms with Gasteiger partial charge in [-0.25, -0.2) is 0 Å². The van der Waals surface area contributed by atoms with E-state index in [9.17, 15) is 9.59 Å². The quantitative estimate of drug-likeness (QED) is 0.616. The van der Waals surface area contributed by atoms with Gasteiger partial charge in [-0.1, -0.05) is 35.9 Å². The molecule has 1 aromatic heterocycles. The minimum absolute atomic E-state index is 0.0428. The van der Waals surface area contributed by atoms with E-state index in [0.29, 0.717) is 27.1 Å². The van der Waals surface area contributed by atoms with Crippen molar-refractivity contribution < 1.29 is 4.79 Å². The van der Waals surface area contributed by atoms with Crippen molar-refractivity contribution in [3.63, 3.8) is 0 Å². The Kier molecular flexibility index (Phi) is 6.08. The van der Waals surface area contributed by atoms with Gasteiger partial charge in [0.15, 0.2) is 4.77 Å². The molecule has 2 aromatic carbocycles. The van der Waals surface area contributed by atoms with E-state index in [0.717, 1.165) is 5.56 Å². The largest absolute Gasteiger partial charge is 0.353 e. The van der Waals surface area contributed by atoms with Gasteiger partial charge in [-0.3, -0.25) is 14.2 Å². The van der Waals surface area contributed by atoms with E-state index in [1.807, 2.05) is 37.3 Å². The summed E-state index contributed by atoms with van der Waals surface area (Å²) in [6.45, 7) is 2.17. The topological polar surface area (TPSA) is 66.9 Å². The summed E-state index contributed by atoms with van der Waals surface area (Å²) >= 11 is 11.3. The number of fused-ring (bicyclic) bond motifs is 1. The van der Waals surface area contributed by atoms with Crippen LogP contribution in [0.1, 0.15) is 18.9 Å². The first-order valence-electron chi connectivity index (χ1n) is 8.69. The summed E-state index contributed by atoms with van der Waals surface area (Å²) in [7, 11) is 0. The molecular weight excluding hydrogens is 382 g/mol. The lowest BCUT2D eigenvalue weighted by Gasteiger charge is -2.15. The second-order valence-corrected chi connectivity index (χ2v) is 7.31. The zero-order chi connectivity index (χ0) is 19.4. The Morgan fingerprint density at radius 3 is 2.81 bits per heavy atom. The van der Waals surface area contributed by atoms with Gasteiger partial charge in [0, 0.05) is 24.0 Å². The Bertz CT molecular complexity index is 1090. The highest BCUT2D eigenvalue weighted by molar-refractivity contribution is 7.71. The zero-order valence-electron chi connectivity index (χ0n) is 14.9. The molecular formula is C20H20ClN3O2S. The second kappa shape index (κ2) is 8.50. The van der Waals surface area contributed by atoms with Crippen molar-refractivity contribution in [1.29, 1.82) is 0 Å². The molecule has 1 amide bonds. The number of H-pyrrole nitrogens is 1. The molecule has 140 valence electrons. The second-order valence-electron chi connectivity index (χ2n) is 6.49. The van der Waals surface area contributed by atoms with Crippen molar-refractivity contribution in [3.05, 3.63) is 74.2 Å². The van der Waals surface area contributed by atoms with Gasteiger partial charge < -0.3 is 10.3 Å². The van der Waals surface area contributed by atoms with Gasteiger partial charge in [-0.05, 0) is 55.4 Å². The van der Waals surface area contributed by atoms with Crippen LogP contribution in [0.2, 0.25) is 5.02 Å². The van der Waals surface area contributed by atoms with E-state index in [1.54, 1.807) is 18.2 Å². The highest BCUT2D eigenvalue weighted by Gasteiger charge is 2.11. The molecule has 0 spiro atoms. The van der Waals surface area contributed by atoms with Gasteiger partial charge in [0.1, 0.15) is 0 Å². The fraction of sp³-hybridized carbons (Fsp3) is 0.250. The Labute approximate surface area is 167 Å². The van der Waals surface area contributed by atoms with E-state index in [4.69, 9.17) is 23.8 Å². The van der Waals surface area contributed by atoms with E-state index in [-0.39, 0.29) is 30.5 Å². The minimum atomic E-state index is -0.186. The van der Waals surface area contributed by atoms with Gasteiger partial charge in [0.25, 0.3) is 5.56 Å². The Hall–Kier alpha value is -2.44. The van der Waals surface area contributed by atoms with Crippen LogP contribution < -0.4 is 10.9 Å². The third kappa shape index (κ3) is 4.84. The van der Waals surface area contributed by atoms with E-state index < -0.39 is 0 Å². The molecule has 0 aliphatic rings. The predicted molar refractivity (Wildman–Crippen MR) is 111 cm³/mol. The molecule has 7 heteroatoms. The molecule has 1 heterocycles. The molecule has 3 aromatic rings. The molecule has 0 radical (unpaired) electrons. The van der Waals surface area contributed by atoms with Crippen molar-refractivity contribution in [1.82, 2.24) is 14.9 Å². The number of carbonyl (C=O) groups is 1. The highest BCUT2D eigenvalue weighted by Crippen LogP contribution is 2.12. The van der Waals surface area contributed by atoms with Crippen LogP contribution in [0.5, 0.6) is 0 Å². The van der Waals surface area contributed by atoms with E-state index in [2.05, 4.69) is 10.3 Å². The number of nitrogens with zero attached hydrogens (tertiary/aromatic N) is 1. The number of aromatic nitrogens is 2. The lowest BCUT2D eigenvalue weighted by Crippen LogP contribution is -2.35. The monoisotopic (exact) mass is 401 g/mol. The van der Waals surface area contributed by atoms with Crippen molar-refractivity contribution in [3.8, 4) is 0 Å². The highest BCUT2D eigenvalue weighted by atomic mass is 35.5. The van der Waals surface area contributed by atoms with E-state index in [1.165, 1.54) is 4.57 Å². The third-order valence-corrected chi connectivity index (χ3v) is 4.85. The minimum Gasteiger partial charge on any atom is -0.353 e. The van der Waals surface area contributed by atoms with Crippen LogP contribution >= 0.6 is 23.8 Å². The van der Waals surface area contributed by atoms with Gasteiger partial charge in [-0.2, -0.15) is 0 Å². The maximum absolute atomic E-state index is 12.6. The number of amides is 1. The standard InChI is InChI=1S/C20H20ClN3O2S/c1-13(11-14-5-4-6-15(21)12-14)22-18(25)9-10-24-19(26)16-7-2-3-8-17(16)23-20(24)27/h2-8,12-13H,9-11H2,1H3,(H,22,25)(H,23,27)/t13-/m0/s1. The van der Waals surface area contributed by atoms with Crippen molar-refractivity contribution in [2.75, 3.05) is 0 Å². The number of nitrogens with one attached hydrogen (secondary N) is 2. The van der Waals surface area contributed by atoms with Crippen LogP contribution in [0, 0.1) is 4.77 Å². The number of rotatable bonds is 6.